The number of cyclic esters (lactones) is 1. The number of aromatic nitrogens is 3. The number of esters is 1. The van der Waals surface area contributed by atoms with Gasteiger partial charge >= 0.3 is 5.97 Å². The van der Waals surface area contributed by atoms with Crippen molar-refractivity contribution in [3.63, 3.8) is 0 Å². The van der Waals surface area contributed by atoms with Gasteiger partial charge in [-0.05, 0) is 42.3 Å². The highest BCUT2D eigenvalue weighted by atomic mass is 16.5. The van der Waals surface area contributed by atoms with Crippen LogP contribution in [0.3, 0.4) is 0 Å². The van der Waals surface area contributed by atoms with Gasteiger partial charge in [0.1, 0.15) is 6.61 Å². The van der Waals surface area contributed by atoms with Gasteiger partial charge in [-0.3, -0.25) is 9.78 Å². The van der Waals surface area contributed by atoms with Gasteiger partial charge in [-0.1, -0.05) is 13.8 Å². The maximum atomic E-state index is 13.1. The molecule has 0 saturated heterocycles. The first kappa shape index (κ1) is 21.2. The Kier molecular flexibility index (Phi) is 4.99. The van der Waals surface area contributed by atoms with Crippen LogP contribution in [0.5, 0.6) is 0 Å². The van der Waals surface area contributed by atoms with E-state index in [0.29, 0.717) is 29.1 Å². The average Bonchev–Trinajstić information content (AvgIpc) is 3.22. The van der Waals surface area contributed by atoms with Crippen molar-refractivity contribution in [3.8, 4) is 11.4 Å². The molecule has 3 aromatic heterocycles. The lowest BCUT2D eigenvalue weighted by atomic mass is 9.97. The molecule has 33 heavy (non-hydrogen) atoms. The van der Waals surface area contributed by atoms with Crippen LogP contribution in [-0.2, 0) is 29.3 Å². The van der Waals surface area contributed by atoms with Gasteiger partial charge in [0.15, 0.2) is 6.10 Å². The first-order valence-corrected chi connectivity index (χ1v) is 10.9. The molecule has 0 saturated carbocycles. The lowest BCUT2D eigenvalue weighted by Crippen LogP contribution is -2.32. The zero-order valence-electron chi connectivity index (χ0n) is 18.5. The van der Waals surface area contributed by atoms with Gasteiger partial charge in [0, 0.05) is 28.1 Å². The molecule has 2 aliphatic rings. The van der Waals surface area contributed by atoms with E-state index in [0.717, 1.165) is 32.9 Å². The highest BCUT2D eigenvalue weighted by Gasteiger charge is 2.34. The third-order valence-electron chi connectivity index (χ3n) is 6.30. The summed E-state index contributed by atoms with van der Waals surface area (Å²) < 4.78 is 6.56. The second kappa shape index (κ2) is 7.75. The molecule has 8 nitrogen and oxygen atoms in total. The number of carbonyl (C=O) groups is 1. The van der Waals surface area contributed by atoms with Crippen LogP contribution in [-0.4, -0.2) is 30.7 Å². The summed E-state index contributed by atoms with van der Waals surface area (Å²) >= 11 is 0. The number of hydrogen-bond donors (Lipinski definition) is 2. The number of benzene rings is 1. The fourth-order valence-corrected chi connectivity index (χ4v) is 4.68. The maximum absolute atomic E-state index is 13.1. The molecule has 8 heteroatoms. The first-order chi connectivity index (χ1) is 16.0. The van der Waals surface area contributed by atoms with Crippen molar-refractivity contribution in [1.82, 2.24) is 14.5 Å². The zero-order chi connectivity index (χ0) is 23.4. The van der Waals surface area contributed by atoms with Crippen molar-refractivity contribution in [2.24, 2.45) is 0 Å². The molecule has 1 aromatic carbocycles. The number of nitrogens with zero attached hydrogens (tertiary/aromatic N) is 3. The van der Waals surface area contributed by atoms with E-state index in [9.17, 15) is 19.8 Å². The molecule has 2 aliphatic heterocycles. The molecular formula is C25H23N3O5. The minimum Gasteiger partial charge on any atom is -0.458 e. The number of ether oxygens (including phenoxy) is 1. The quantitative estimate of drug-likeness (QED) is 0.301. The lowest BCUT2D eigenvalue weighted by Gasteiger charge is -2.21. The summed E-state index contributed by atoms with van der Waals surface area (Å²) in [6.45, 7) is 6.09. The van der Waals surface area contributed by atoms with Crippen LogP contribution in [0.15, 0.2) is 35.3 Å². The molecule has 1 atom stereocenters. The van der Waals surface area contributed by atoms with E-state index in [4.69, 9.17) is 9.72 Å². The van der Waals surface area contributed by atoms with E-state index < -0.39 is 12.1 Å². The van der Waals surface area contributed by atoms with Crippen LogP contribution in [0, 0.1) is 6.92 Å². The number of aliphatic hydroxyl groups is 2. The van der Waals surface area contributed by atoms with Gasteiger partial charge in [0.05, 0.1) is 41.1 Å². The molecule has 6 rings (SSSR count). The summed E-state index contributed by atoms with van der Waals surface area (Å²) in [6, 6.07) is 7.37. The Morgan fingerprint density at radius 1 is 1.15 bits per heavy atom. The maximum Gasteiger partial charge on any atom is 0.340 e. The average molecular weight is 445 g/mol. The fourth-order valence-electron chi connectivity index (χ4n) is 4.68. The fraction of sp³-hybridized carbons (Fsp3) is 0.280. The van der Waals surface area contributed by atoms with Crippen molar-refractivity contribution in [1.29, 1.82) is 0 Å². The number of carbonyl (C=O) groups excluding carboxylic acids is 1. The number of aliphatic hydroxyl groups excluding tert-OH is 2. The smallest absolute Gasteiger partial charge is 0.340 e. The zero-order valence-corrected chi connectivity index (χ0v) is 18.5. The predicted octanol–water partition coefficient (Wildman–Crippen LogP) is 2.89. The highest BCUT2D eigenvalue weighted by Crippen LogP contribution is 2.39. The summed E-state index contributed by atoms with van der Waals surface area (Å²) in [6.07, 6.45) is 0.179. The Hall–Kier alpha value is -3.62. The standard InChI is InChI=1S/C23H17N3O5.C2H6/c1-10-14-7-26-18(5-12-15(22(26)29)9-31-23(30)21(12)28)20(14)25-17-3-2-16-13(19(10)17)4-11(8-27)6-24-16;1-2/h2-6,21,27-28H,7-9H2,1H3;1-2H3. The van der Waals surface area contributed by atoms with Gasteiger partial charge in [0.2, 0.25) is 0 Å². The van der Waals surface area contributed by atoms with Gasteiger partial charge in [-0.2, -0.15) is 0 Å². The van der Waals surface area contributed by atoms with Gasteiger partial charge in [-0.25, -0.2) is 9.78 Å². The topological polar surface area (TPSA) is 115 Å². The van der Waals surface area contributed by atoms with Crippen molar-refractivity contribution in [2.45, 2.75) is 46.6 Å². The molecule has 0 fully saturated rings. The van der Waals surface area contributed by atoms with Crippen molar-refractivity contribution < 1.29 is 19.7 Å². The van der Waals surface area contributed by atoms with Gasteiger partial charge in [-0.15, -0.1) is 0 Å². The Labute approximate surface area is 189 Å². The third-order valence-corrected chi connectivity index (χ3v) is 6.30. The molecular weight excluding hydrogens is 422 g/mol. The number of aryl methyl sites for hydroxylation is 1. The molecule has 1 unspecified atom stereocenters. The molecule has 0 bridgehead atoms. The predicted molar refractivity (Wildman–Crippen MR) is 123 cm³/mol. The molecule has 2 N–H and O–H groups in total. The summed E-state index contributed by atoms with van der Waals surface area (Å²) in [5.41, 5.74) is 5.72. The summed E-state index contributed by atoms with van der Waals surface area (Å²) in [5, 5.41) is 21.6. The monoisotopic (exact) mass is 445 g/mol. The van der Waals surface area contributed by atoms with Crippen LogP contribution in [0.4, 0.5) is 0 Å². The Balaban J connectivity index is 0.00000111. The van der Waals surface area contributed by atoms with E-state index in [-0.39, 0.29) is 24.3 Å². The Morgan fingerprint density at radius 2 is 1.91 bits per heavy atom. The van der Waals surface area contributed by atoms with Gasteiger partial charge < -0.3 is 19.5 Å². The van der Waals surface area contributed by atoms with E-state index in [1.54, 1.807) is 16.8 Å². The Morgan fingerprint density at radius 3 is 2.67 bits per heavy atom. The second-order valence-electron chi connectivity index (χ2n) is 7.96. The molecule has 5 heterocycles. The van der Waals surface area contributed by atoms with Crippen LogP contribution >= 0.6 is 0 Å². The number of rotatable bonds is 1. The summed E-state index contributed by atoms with van der Waals surface area (Å²) in [5.74, 6) is -0.753. The third kappa shape index (κ3) is 2.98. The molecule has 168 valence electrons. The molecule has 0 radical (unpaired) electrons. The molecule has 0 aliphatic carbocycles. The van der Waals surface area contributed by atoms with E-state index >= 15 is 0 Å². The van der Waals surface area contributed by atoms with Crippen LogP contribution in [0.25, 0.3) is 33.2 Å². The minimum atomic E-state index is -1.47. The van der Waals surface area contributed by atoms with Crippen molar-refractivity contribution in [3.05, 3.63) is 68.6 Å². The molecule has 0 amide bonds. The van der Waals surface area contributed by atoms with Crippen LogP contribution < -0.4 is 5.56 Å². The molecule has 4 aromatic rings. The number of hydrogen-bond acceptors (Lipinski definition) is 7. The van der Waals surface area contributed by atoms with E-state index in [1.807, 2.05) is 39.0 Å². The normalized spacial score (nSPS) is 16.0. The number of pyridine rings is 3. The van der Waals surface area contributed by atoms with Gasteiger partial charge in [0.25, 0.3) is 5.56 Å². The minimum absolute atomic E-state index is 0.105. The number of fused-ring (bicyclic) bond motifs is 7. The summed E-state index contributed by atoms with van der Waals surface area (Å²) in [7, 11) is 0. The molecule has 0 spiro atoms. The van der Waals surface area contributed by atoms with E-state index in [2.05, 4.69) is 4.98 Å². The van der Waals surface area contributed by atoms with Crippen molar-refractivity contribution in [2.75, 3.05) is 0 Å². The van der Waals surface area contributed by atoms with Crippen LogP contribution in [0.1, 0.15) is 47.8 Å². The Bertz CT molecular complexity index is 1520. The largest absolute Gasteiger partial charge is 0.458 e. The van der Waals surface area contributed by atoms with E-state index in [1.165, 1.54) is 0 Å². The first-order valence-electron chi connectivity index (χ1n) is 10.9. The second-order valence-corrected chi connectivity index (χ2v) is 7.96. The SMILES string of the molecule is CC.Cc1c2c(nc3ccc4ncc(CO)cc4c13)-c1cc3c(c(=O)n1C2)COC(=O)C3O. The summed E-state index contributed by atoms with van der Waals surface area (Å²) in [4.78, 5) is 34.2. The van der Waals surface area contributed by atoms with Crippen LogP contribution in [0.2, 0.25) is 0 Å². The van der Waals surface area contributed by atoms with Crippen molar-refractivity contribution >= 4 is 27.8 Å². The highest BCUT2D eigenvalue weighted by molar-refractivity contribution is 6.08. The lowest BCUT2D eigenvalue weighted by molar-refractivity contribution is -0.157.